The molecule has 1 unspecified atom stereocenters. The van der Waals surface area contributed by atoms with Gasteiger partial charge in [-0.3, -0.25) is 4.68 Å². The minimum Gasteiger partial charge on any atom is -0.394 e. The Labute approximate surface area is 127 Å². The number of nitrogens with one attached hydrogen (secondary N) is 1. The number of benzene rings is 1. The summed E-state index contributed by atoms with van der Waals surface area (Å²) in [7, 11) is 0. The third-order valence-electron chi connectivity index (χ3n) is 3.13. The van der Waals surface area contributed by atoms with Crippen molar-refractivity contribution in [2.75, 3.05) is 6.61 Å². The Bertz CT molecular complexity index is 524. The van der Waals surface area contributed by atoms with E-state index in [2.05, 4.69) is 57.5 Å². The van der Waals surface area contributed by atoms with Gasteiger partial charge in [0.05, 0.1) is 19.3 Å². The fourth-order valence-corrected chi connectivity index (χ4v) is 2.33. The summed E-state index contributed by atoms with van der Waals surface area (Å²) in [5.41, 5.74) is 2.46. The van der Waals surface area contributed by atoms with Crippen LogP contribution in [0.5, 0.6) is 0 Å². The number of aliphatic hydroxyl groups excluding tert-OH is 1. The summed E-state index contributed by atoms with van der Waals surface area (Å²) >= 11 is 3.45. The number of nitrogens with zero attached hydrogens (tertiary/aromatic N) is 2. The molecule has 1 aromatic heterocycles. The van der Waals surface area contributed by atoms with Gasteiger partial charge in [-0.25, -0.2) is 0 Å². The molecule has 0 fully saturated rings. The van der Waals surface area contributed by atoms with Gasteiger partial charge in [0, 0.05) is 28.8 Å². The molecule has 1 atom stereocenters. The minimum absolute atomic E-state index is 0.120. The van der Waals surface area contributed by atoms with Crippen LogP contribution in [-0.2, 0) is 19.5 Å². The average molecular weight is 338 g/mol. The maximum Gasteiger partial charge on any atom is 0.0640 e. The van der Waals surface area contributed by atoms with Gasteiger partial charge in [-0.15, -0.1) is 0 Å². The highest BCUT2D eigenvalue weighted by Gasteiger charge is 2.04. The number of aliphatic hydroxyl groups is 1. The van der Waals surface area contributed by atoms with Gasteiger partial charge in [0.25, 0.3) is 0 Å². The summed E-state index contributed by atoms with van der Waals surface area (Å²) < 4.78 is 2.87. The van der Waals surface area contributed by atoms with Crippen molar-refractivity contribution in [1.29, 1.82) is 0 Å². The largest absolute Gasteiger partial charge is 0.394 e. The molecule has 4 nitrogen and oxygen atoms in total. The van der Waals surface area contributed by atoms with Crippen LogP contribution in [0.4, 0.5) is 0 Å². The second-order valence-electron chi connectivity index (χ2n) is 4.95. The summed E-state index contributed by atoms with van der Waals surface area (Å²) in [6, 6.07) is 8.82. The lowest BCUT2D eigenvalue weighted by Gasteiger charge is -2.13. The van der Waals surface area contributed by atoms with E-state index in [4.69, 9.17) is 5.11 Å². The molecule has 20 heavy (non-hydrogen) atoms. The fourth-order valence-electron chi connectivity index (χ4n) is 2.06. The van der Waals surface area contributed by atoms with Crippen LogP contribution in [0.1, 0.15) is 18.1 Å². The van der Waals surface area contributed by atoms with Crippen molar-refractivity contribution in [1.82, 2.24) is 15.1 Å². The van der Waals surface area contributed by atoms with Crippen LogP contribution in [0.15, 0.2) is 41.1 Å². The minimum atomic E-state index is 0.120. The SMILES string of the molecule is CC(Cc1ccc(Br)cc1)NCc1cnn(CCO)c1. The molecule has 0 radical (unpaired) electrons. The van der Waals surface area contributed by atoms with E-state index in [1.54, 1.807) is 4.68 Å². The highest BCUT2D eigenvalue weighted by atomic mass is 79.9. The van der Waals surface area contributed by atoms with E-state index in [1.165, 1.54) is 5.56 Å². The molecule has 1 aromatic carbocycles. The third kappa shape index (κ3) is 4.74. The number of hydrogen-bond donors (Lipinski definition) is 2. The van der Waals surface area contributed by atoms with Crippen LogP contribution in [0, 0.1) is 0 Å². The summed E-state index contributed by atoms with van der Waals surface area (Å²) in [6.45, 7) is 3.65. The molecule has 0 bridgehead atoms. The number of hydrogen-bond acceptors (Lipinski definition) is 3. The number of halogens is 1. The van der Waals surface area contributed by atoms with Gasteiger partial charge < -0.3 is 10.4 Å². The van der Waals surface area contributed by atoms with Crippen LogP contribution in [0.3, 0.4) is 0 Å². The van der Waals surface area contributed by atoms with E-state index in [0.29, 0.717) is 12.6 Å². The Hall–Kier alpha value is -1.17. The Morgan fingerprint density at radius 3 is 2.75 bits per heavy atom. The number of rotatable bonds is 7. The van der Waals surface area contributed by atoms with Crippen LogP contribution < -0.4 is 5.32 Å². The monoisotopic (exact) mass is 337 g/mol. The topological polar surface area (TPSA) is 50.1 Å². The second-order valence-corrected chi connectivity index (χ2v) is 5.86. The van der Waals surface area contributed by atoms with Crippen molar-refractivity contribution in [2.24, 2.45) is 0 Å². The molecule has 2 rings (SSSR count). The van der Waals surface area contributed by atoms with E-state index < -0.39 is 0 Å². The van der Waals surface area contributed by atoms with Gasteiger partial charge in [0.2, 0.25) is 0 Å². The quantitative estimate of drug-likeness (QED) is 0.815. The molecule has 5 heteroatoms. The number of aromatic nitrogens is 2. The van der Waals surface area contributed by atoms with E-state index in [9.17, 15) is 0 Å². The Balaban J connectivity index is 1.79. The maximum atomic E-state index is 8.85. The predicted molar refractivity (Wildman–Crippen MR) is 83.5 cm³/mol. The highest BCUT2D eigenvalue weighted by molar-refractivity contribution is 9.10. The predicted octanol–water partition coefficient (Wildman–Crippen LogP) is 2.36. The smallest absolute Gasteiger partial charge is 0.0640 e. The van der Waals surface area contributed by atoms with Crippen LogP contribution in [-0.4, -0.2) is 27.5 Å². The van der Waals surface area contributed by atoms with Crippen LogP contribution in [0.25, 0.3) is 0 Å². The Morgan fingerprint density at radius 1 is 1.30 bits per heavy atom. The standard InChI is InChI=1S/C15H20BrN3O/c1-12(8-13-2-4-15(16)5-3-13)17-9-14-10-18-19(11-14)6-7-20/h2-5,10-12,17,20H,6-9H2,1H3. The third-order valence-corrected chi connectivity index (χ3v) is 3.65. The molecular formula is C15H20BrN3O. The van der Waals surface area contributed by atoms with Crippen molar-refractivity contribution in [3.63, 3.8) is 0 Å². The molecule has 0 saturated carbocycles. The van der Waals surface area contributed by atoms with E-state index in [0.717, 1.165) is 23.0 Å². The zero-order chi connectivity index (χ0) is 14.4. The van der Waals surface area contributed by atoms with Gasteiger partial charge in [-0.1, -0.05) is 28.1 Å². The summed E-state index contributed by atoms with van der Waals surface area (Å²) in [4.78, 5) is 0. The van der Waals surface area contributed by atoms with Crippen LogP contribution >= 0.6 is 15.9 Å². The Morgan fingerprint density at radius 2 is 2.05 bits per heavy atom. The first kappa shape index (κ1) is 15.2. The molecule has 1 heterocycles. The fraction of sp³-hybridized carbons (Fsp3) is 0.400. The molecule has 2 N–H and O–H groups in total. The first-order valence-electron chi connectivity index (χ1n) is 6.77. The summed E-state index contributed by atoms with van der Waals surface area (Å²) in [5, 5.41) is 16.5. The Kier molecular flexibility index (Phi) is 5.76. The zero-order valence-corrected chi connectivity index (χ0v) is 13.2. The molecule has 2 aromatic rings. The normalized spacial score (nSPS) is 12.6. The van der Waals surface area contributed by atoms with Crippen LogP contribution in [0.2, 0.25) is 0 Å². The van der Waals surface area contributed by atoms with Crippen molar-refractivity contribution in [3.8, 4) is 0 Å². The maximum absolute atomic E-state index is 8.85. The first-order chi connectivity index (χ1) is 9.67. The molecule has 0 aliphatic heterocycles. The molecule has 0 saturated heterocycles. The van der Waals surface area contributed by atoms with Crippen molar-refractivity contribution >= 4 is 15.9 Å². The van der Waals surface area contributed by atoms with Gasteiger partial charge in [-0.2, -0.15) is 5.10 Å². The summed E-state index contributed by atoms with van der Waals surface area (Å²) in [6.07, 6.45) is 4.81. The lowest BCUT2D eigenvalue weighted by molar-refractivity contribution is 0.269. The highest BCUT2D eigenvalue weighted by Crippen LogP contribution is 2.12. The molecule has 108 valence electrons. The van der Waals surface area contributed by atoms with E-state index in [1.807, 2.05) is 12.4 Å². The van der Waals surface area contributed by atoms with E-state index >= 15 is 0 Å². The lowest BCUT2D eigenvalue weighted by atomic mass is 10.1. The van der Waals surface area contributed by atoms with Crippen molar-refractivity contribution in [2.45, 2.75) is 32.5 Å². The zero-order valence-electron chi connectivity index (χ0n) is 11.6. The first-order valence-corrected chi connectivity index (χ1v) is 7.56. The van der Waals surface area contributed by atoms with Gasteiger partial charge in [-0.05, 0) is 31.0 Å². The molecule has 0 aliphatic carbocycles. The molecule has 0 spiro atoms. The van der Waals surface area contributed by atoms with Crippen molar-refractivity contribution in [3.05, 3.63) is 52.3 Å². The summed E-state index contributed by atoms with van der Waals surface area (Å²) in [5.74, 6) is 0. The molecule has 0 amide bonds. The van der Waals surface area contributed by atoms with Gasteiger partial charge in [0.15, 0.2) is 0 Å². The van der Waals surface area contributed by atoms with Crippen molar-refractivity contribution < 1.29 is 5.11 Å². The van der Waals surface area contributed by atoms with Gasteiger partial charge in [0.1, 0.15) is 0 Å². The average Bonchev–Trinajstić information content (AvgIpc) is 2.87. The van der Waals surface area contributed by atoms with E-state index in [-0.39, 0.29) is 6.61 Å². The molecular weight excluding hydrogens is 318 g/mol. The molecule has 0 aliphatic rings. The lowest BCUT2D eigenvalue weighted by Crippen LogP contribution is -2.27. The van der Waals surface area contributed by atoms with Gasteiger partial charge >= 0.3 is 0 Å². The second kappa shape index (κ2) is 7.57.